The van der Waals surface area contributed by atoms with Gasteiger partial charge in [-0.15, -0.1) is 0 Å². The van der Waals surface area contributed by atoms with Gasteiger partial charge in [0.2, 0.25) is 0 Å². The largest absolute Gasteiger partial charge is 0.455 e. The van der Waals surface area contributed by atoms with Crippen LogP contribution in [0.1, 0.15) is 53.9 Å². The number of carbonyl (C=O) groups is 1. The molecule has 0 spiro atoms. The standard InChI is InChI=1S/C17H28O2/c1-8-15-10-13(6)9-14(7)17(15,12(4)5)19-16(18)11(2)3/h12,14-15H,2,6,8-10H2,1,3-5,7H3. The third-order valence-electron chi connectivity index (χ3n) is 4.55. The quantitative estimate of drug-likeness (QED) is 0.424. The van der Waals surface area contributed by atoms with Crippen LogP contribution in [0.5, 0.6) is 0 Å². The van der Waals surface area contributed by atoms with Gasteiger partial charge >= 0.3 is 5.97 Å². The molecule has 19 heavy (non-hydrogen) atoms. The van der Waals surface area contributed by atoms with Crippen molar-refractivity contribution in [1.82, 2.24) is 0 Å². The van der Waals surface area contributed by atoms with Crippen LogP contribution in [0, 0.1) is 17.8 Å². The summed E-state index contributed by atoms with van der Waals surface area (Å²) in [5.41, 5.74) is 1.37. The van der Waals surface area contributed by atoms with E-state index in [1.165, 1.54) is 5.57 Å². The summed E-state index contributed by atoms with van der Waals surface area (Å²) in [7, 11) is 0. The number of carbonyl (C=O) groups excluding carboxylic acids is 1. The molecule has 2 heteroatoms. The van der Waals surface area contributed by atoms with E-state index in [2.05, 4.69) is 40.9 Å². The minimum absolute atomic E-state index is 0.258. The van der Waals surface area contributed by atoms with Gasteiger partial charge in [0.05, 0.1) is 0 Å². The van der Waals surface area contributed by atoms with E-state index < -0.39 is 0 Å². The van der Waals surface area contributed by atoms with E-state index in [0.29, 0.717) is 23.3 Å². The zero-order valence-corrected chi connectivity index (χ0v) is 13.1. The number of hydrogen-bond acceptors (Lipinski definition) is 2. The molecule has 2 nitrogen and oxygen atoms in total. The third kappa shape index (κ3) is 2.93. The second-order valence-electron chi connectivity index (χ2n) is 6.34. The number of ether oxygens (including phenoxy) is 1. The molecule has 3 atom stereocenters. The summed E-state index contributed by atoms with van der Waals surface area (Å²) in [5.74, 6) is 0.699. The number of rotatable bonds is 4. The highest BCUT2D eigenvalue weighted by atomic mass is 16.6. The van der Waals surface area contributed by atoms with Gasteiger partial charge in [-0.05, 0) is 32.1 Å². The highest BCUT2D eigenvalue weighted by Gasteiger charge is 2.51. The van der Waals surface area contributed by atoms with Crippen molar-refractivity contribution in [3.63, 3.8) is 0 Å². The third-order valence-corrected chi connectivity index (χ3v) is 4.55. The van der Waals surface area contributed by atoms with Crippen molar-refractivity contribution in [1.29, 1.82) is 0 Å². The summed E-state index contributed by atoms with van der Waals surface area (Å²) in [5, 5.41) is 0. The summed E-state index contributed by atoms with van der Waals surface area (Å²) in [4.78, 5) is 12.1. The monoisotopic (exact) mass is 264 g/mol. The minimum Gasteiger partial charge on any atom is -0.455 e. The van der Waals surface area contributed by atoms with Crippen LogP contribution in [0.3, 0.4) is 0 Å². The van der Waals surface area contributed by atoms with Crippen molar-refractivity contribution in [3.05, 3.63) is 24.3 Å². The normalized spacial score (nSPS) is 31.4. The predicted octanol–water partition coefficient (Wildman–Crippen LogP) is 4.51. The first-order valence-corrected chi connectivity index (χ1v) is 7.31. The smallest absolute Gasteiger partial charge is 0.333 e. The molecular weight excluding hydrogens is 236 g/mol. The van der Waals surface area contributed by atoms with Crippen molar-refractivity contribution in [2.45, 2.75) is 59.5 Å². The lowest BCUT2D eigenvalue weighted by molar-refractivity contribution is -0.184. The molecule has 3 unspecified atom stereocenters. The van der Waals surface area contributed by atoms with Crippen molar-refractivity contribution in [3.8, 4) is 0 Å². The Morgan fingerprint density at radius 1 is 1.47 bits per heavy atom. The Morgan fingerprint density at radius 3 is 2.47 bits per heavy atom. The minimum atomic E-state index is -0.383. The van der Waals surface area contributed by atoms with Crippen LogP contribution in [0.25, 0.3) is 0 Å². The van der Waals surface area contributed by atoms with Gasteiger partial charge in [0.15, 0.2) is 0 Å². The van der Waals surface area contributed by atoms with Crippen molar-refractivity contribution in [2.75, 3.05) is 0 Å². The molecule has 108 valence electrons. The Hall–Kier alpha value is -1.05. The molecule has 0 saturated heterocycles. The van der Waals surface area contributed by atoms with Crippen molar-refractivity contribution in [2.24, 2.45) is 17.8 Å². The summed E-state index contributed by atoms with van der Waals surface area (Å²) in [6, 6.07) is 0. The number of hydrogen-bond donors (Lipinski definition) is 0. The van der Waals surface area contributed by atoms with Gasteiger partial charge in [-0.25, -0.2) is 4.79 Å². The highest BCUT2D eigenvalue weighted by Crippen LogP contribution is 2.49. The molecule has 0 bridgehead atoms. The molecule has 0 N–H and O–H groups in total. The van der Waals surface area contributed by atoms with Crippen LogP contribution in [0.15, 0.2) is 24.3 Å². The van der Waals surface area contributed by atoms with Gasteiger partial charge in [-0.3, -0.25) is 0 Å². The second-order valence-corrected chi connectivity index (χ2v) is 6.34. The Labute approximate surface area is 117 Å². The SMILES string of the molecule is C=C1CC(C)C(OC(=O)C(=C)C)(C(C)C)C(CC)C1. The molecule has 0 aromatic carbocycles. The van der Waals surface area contributed by atoms with E-state index in [1.54, 1.807) is 6.92 Å². The molecule has 1 aliphatic rings. The van der Waals surface area contributed by atoms with Crippen LogP contribution >= 0.6 is 0 Å². The fraction of sp³-hybridized carbons (Fsp3) is 0.706. The maximum absolute atomic E-state index is 12.1. The maximum atomic E-state index is 12.1. The van der Waals surface area contributed by atoms with Crippen LogP contribution in [0.2, 0.25) is 0 Å². The first-order valence-electron chi connectivity index (χ1n) is 7.31. The Kier molecular flexibility index (Phi) is 5.00. The highest BCUT2D eigenvalue weighted by molar-refractivity contribution is 5.87. The molecule has 0 aromatic rings. The van der Waals surface area contributed by atoms with Crippen LogP contribution in [-0.4, -0.2) is 11.6 Å². The summed E-state index contributed by atoms with van der Waals surface area (Å²) in [6.07, 6.45) is 2.91. The van der Waals surface area contributed by atoms with E-state index in [9.17, 15) is 4.79 Å². The Morgan fingerprint density at radius 2 is 2.05 bits per heavy atom. The second kappa shape index (κ2) is 5.94. The molecule has 0 aromatic heterocycles. The van der Waals surface area contributed by atoms with Gasteiger partial charge in [0, 0.05) is 17.4 Å². The van der Waals surface area contributed by atoms with Gasteiger partial charge in [0.1, 0.15) is 5.60 Å². The summed E-state index contributed by atoms with van der Waals surface area (Å²) in [6.45, 7) is 18.2. The summed E-state index contributed by atoms with van der Waals surface area (Å²) >= 11 is 0. The topological polar surface area (TPSA) is 26.3 Å². The molecule has 0 radical (unpaired) electrons. The fourth-order valence-electron chi connectivity index (χ4n) is 3.64. The Bertz CT molecular complexity index is 381. The lowest BCUT2D eigenvalue weighted by Crippen LogP contribution is -2.54. The van der Waals surface area contributed by atoms with Gasteiger partial charge < -0.3 is 4.74 Å². The molecule has 1 rings (SSSR count). The zero-order chi connectivity index (χ0) is 14.8. The first-order chi connectivity index (χ1) is 8.75. The number of esters is 1. The van der Waals surface area contributed by atoms with E-state index in [0.717, 1.165) is 19.3 Å². The average molecular weight is 264 g/mol. The summed E-state index contributed by atoms with van der Waals surface area (Å²) < 4.78 is 5.99. The van der Waals surface area contributed by atoms with Crippen molar-refractivity contribution >= 4 is 5.97 Å². The molecule has 0 amide bonds. The van der Waals surface area contributed by atoms with Gasteiger partial charge in [0.25, 0.3) is 0 Å². The van der Waals surface area contributed by atoms with Crippen LogP contribution in [-0.2, 0) is 9.53 Å². The molecular formula is C17H28O2. The predicted molar refractivity (Wildman–Crippen MR) is 79.8 cm³/mol. The van der Waals surface area contributed by atoms with Crippen molar-refractivity contribution < 1.29 is 9.53 Å². The lowest BCUT2D eigenvalue weighted by Gasteiger charge is -2.51. The Balaban J connectivity index is 3.16. The van der Waals surface area contributed by atoms with Crippen LogP contribution in [0.4, 0.5) is 0 Å². The molecule has 1 aliphatic carbocycles. The van der Waals surface area contributed by atoms with E-state index >= 15 is 0 Å². The molecule has 0 heterocycles. The van der Waals surface area contributed by atoms with E-state index in [-0.39, 0.29) is 11.6 Å². The molecule has 0 aliphatic heterocycles. The van der Waals surface area contributed by atoms with Gasteiger partial charge in [-0.1, -0.05) is 46.4 Å². The maximum Gasteiger partial charge on any atom is 0.333 e. The first kappa shape index (κ1) is 16.0. The molecule has 1 saturated carbocycles. The van der Waals surface area contributed by atoms with Crippen LogP contribution < -0.4 is 0 Å². The lowest BCUT2D eigenvalue weighted by atomic mass is 9.62. The average Bonchev–Trinajstić information content (AvgIpc) is 2.31. The molecule has 1 fully saturated rings. The number of allylic oxidation sites excluding steroid dienone is 1. The van der Waals surface area contributed by atoms with Gasteiger partial charge in [-0.2, -0.15) is 0 Å². The zero-order valence-electron chi connectivity index (χ0n) is 13.1. The fourth-order valence-corrected chi connectivity index (χ4v) is 3.64. The van der Waals surface area contributed by atoms with E-state index in [4.69, 9.17) is 4.74 Å². The van der Waals surface area contributed by atoms with E-state index in [1.807, 2.05) is 0 Å².